The maximum Gasteiger partial charge on any atom is 0.256 e. The van der Waals surface area contributed by atoms with E-state index in [0.29, 0.717) is 57.7 Å². The summed E-state index contributed by atoms with van der Waals surface area (Å²) in [4.78, 5) is 8.01. The van der Waals surface area contributed by atoms with E-state index in [2.05, 4.69) is 34.1 Å². The third-order valence-corrected chi connectivity index (χ3v) is 5.00. The lowest BCUT2D eigenvalue weighted by Crippen LogP contribution is -2.23. The van der Waals surface area contributed by atoms with E-state index in [-0.39, 0.29) is 6.10 Å². The minimum absolute atomic E-state index is 0.0256. The van der Waals surface area contributed by atoms with Crippen molar-refractivity contribution < 1.29 is 14.0 Å². The minimum Gasteiger partial charge on any atom is -0.502 e. The maximum absolute atomic E-state index is 7.42. The summed E-state index contributed by atoms with van der Waals surface area (Å²) in [5.74, 6) is 1.90. The van der Waals surface area contributed by atoms with Crippen LogP contribution in [0.5, 0.6) is 11.5 Å². The summed E-state index contributed by atoms with van der Waals surface area (Å²) in [6.07, 6.45) is 1.98. The third-order valence-electron chi connectivity index (χ3n) is 4.69. The lowest BCUT2D eigenvalue weighted by Gasteiger charge is -2.11. The zero-order chi connectivity index (χ0) is 23.8. The molecule has 0 aliphatic heterocycles. The first-order valence-corrected chi connectivity index (χ1v) is 11.4. The molecule has 8 heteroatoms. The SMILES string of the molecule is [C-]#[N+]c1cc(-c2nc(-c3ccc(OCCCCNC(C)C)cc3Cl)no2)ccc1OC(C)C. The van der Waals surface area contributed by atoms with Crippen molar-refractivity contribution >= 4 is 17.3 Å². The Morgan fingerprint density at radius 3 is 2.64 bits per heavy atom. The number of rotatable bonds is 11. The average molecular weight is 469 g/mol. The molecular weight excluding hydrogens is 440 g/mol. The molecule has 7 nitrogen and oxygen atoms in total. The van der Waals surface area contributed by atoms with Crippen LogP contribution in [0, 0.1) is 6.57 Å². The number of hydrogen-bond donors (Lipinski definition) is 1. The first-order valence-electron chi connectivity index (χ1n) is 11.1. The van der Waals surface area contributed by atoms with Crippen LogP contribution < -0.4 is 14.8 Å². The highest BCUT2D eigenvalue weighted by molar-refractivity contribution is 6.33. The highest BCUT2D eigenvalue weighted by atomic mass is 35.5. The molecule has 2 aromatic carbocycles. The molecular formula is C25H29ClN4O3. The molecule has 0 atom stereocenters. The number of halogens is 1. The Bertz CT molecular complexity index is 1110. The van der Waals surface area contributed by atoms with Crippen LogP contribution in [0.4, 0.5) is 5.69 Å². The molecule has 0 radical (unpaired) electrons. The Morgan fingerprint density at radius 2 is 1.94 bits per heavy atom. The molecule has 174 valence electrons. The predicted octanol–water partition coefficient (Wildman–Crippen LogP) is 6.55. The number of ether oxygens (including phenoxy) is 2. The third kappa shape index (κ3) is 6.95. The molecule has 0 aliphatic rings. The number of nitrogens with one attached hydrogen (secondary N) is 1. The Kier molecular flexibility index (Phi) is 8.70. The summed E-state index contributed by atoms with van der Waals surface area (Å²) in [7, 11) is 0. The van der Waals surface area contributed by atoms with Gasteiger partial charge in [-0.05, 0) is 69.6 Å². The molecule has 1 heterocycles. The van der Waals surface area contributed by atoms with Crippen LogP contribution in [-0.2, 0) is 0 Å². The predicted molar refractivity (Wildman–Crippen MR) is 130 cm³/mol. The topological polar surface area (TPSA) is 73.8 Å². The van der Waals surface area contributed by atoms with Gasteiger partial charge < -0.3 is 19.3 Å². The fourth-order valence-electron chi connectivity index (χ4n) is 3.12. The van der Waals surface area contributed by atoms with Crippen LogP contribution in [0.1, 0.15) is 40.5 Å². The first kappa shape index (κ1) is 24.6. The molecule has 0 bridgehead atoms. The van der Waals surface area contributed by atoms with Crippen LogP contribution in [0.3, 0.4) is 0 Å². The van der Waals surface area contributed by atoms with Crippen molar-refractivity contribution in [3.05, 3.63) is 52.8 Å². The fraction of sp³-hybridized carbons (Fsp3) is 0.400. The second-order valence-corrected chi connectivity index (χ2v) is 8.60. The van der Waals surface area contributed by atoms with Crippen LogP contribution in [0.25, 0.3) is 27.7 Å². The first-order chi connectivity index (χ1) is 15.9. The van der Waals surface area contributed by atoms with Crippen molar-refractivity contribution in [3.63, 3.8) is 0 Å². The van der Waals surface area contributed by atoms with Crippen molar-refractivity contribution in [1.29, 1.82) is 0 Å². The average Bonchev–Trinajstić information content (AvgIpc) is 3.26. The smallest absolute Gasteiger partial charge is 0.256 e. The monoisotopic (exact) mass is 468 g/mol. The van der Waals surface area contributed by atoms with Crippen molar-refractivity contribution in [3.8, 4) is 34.3 Å². The molecule has 0 aliphatic carbocycles. The summed E-state index contributed by atoms with van der Waals surface area (Å²) in [5.41, 5.74) is 1.67. The van der Waals surface area contributed by atoms with Gasteiger partial charge in [0.25, 0.3) is 5.89 Å². The largest absolute Gasteiger partial charge is 0.502 e. The van der Waals surface area contributed by atoms with E-state index in [0.717, 1.165) is 19.4 Å². The molecule has 0 spiro atoms. The van der Waals surface area contributed by atoms with Crippen LogP contribution in [0.15, 0.2) is 40.9 Å². The van der Waals surface area contributed by atoms with Gasteiger partial charge in [0.2, 0.25) is 11.5 Å². The summed E-state index contributed by atoms with van der Waals surface area (Å²) in [6, 6.07) is 11.1. The van der Waals surface area contributed by atoms with Crippen LogP contribution in [-0.4, -0.2) is 35.4 Å². The quantitative estimate of drug-likeness (QED) is 0.254. The van der Waals surface area contributed by atoms with Crippen molar-refractivity contribution in [1.82, 2.24) is 15.5 Å². The lowest BCUT2D eigenvalue weighted by molar-refractivity contribution is 0.244. The van der Waals surface area contributed by atoms with E-state index in [1.165, 1.54) is 0 Å². The van der Waals surface area contributed by atoms with Crippen molar-refractivity contribution in [2.45, 2.75) is 52.7 Å². The second-order valence-electron chi connectivity index (χ2n) is 8.19. The van der Waals surface area contributed by atoms with Gasteiger partial charge in [-0.1, -0.05) is 30.6 Å². The van der Waals surface area contributed by atoms with E-state index in [4.69, 9.17) is 32.2 Å². The highest BCUT2D eigenvalue weighted by Gasteiger charge is 2.16. The van der Waals surface area contributed by atoms with Crippen LogP contribution in [0.2, 0.25) is 5.02 Å². The van der Waals surface area contributed by atoms with Gasteiger partial charge in [0.1, 0.15) is 11.5 Å². The fourth-order valence-corrected chi connectivity index (χ4v) is 3.37. The number of nitrogens with zero attached hydrogens (tertiary/aromatic N) is 3. The molecule has 33 heavy (non-hydrogen) atoms. The molecule has 0 saturated carbocycles. The molecule has 0 fully saturated rings. The van der Waals surface area contributed by atoms with Gasteiger partial charge in [-0.2, -0.15) is 4.98 Å². The number of hydrogen-bond acceptors (Lipinski definition) is 6. The Hall–Kier alpha value is -3.08. The van der Waals surface area contributed by atoms with Gasteiger partial charge in [-0.3, -0.25) is 0 Å². The van der Waals surface area contributed by atoms with Crippen molar-refractivity contribution in [2.24, 2.45) is 0 Å². The van der Waals surface area contributed by atoms with Gasteiger partial charge in [0, 0.05) is 17.2 Å². The standard InChI is InChI=1S/C25H29ClN4O3/c1-16(2)28-12-6-7-13-31-19-9-10-20(21(26)15-19)24-29-25(33-30-24)18-8-11-23(32-17(3)4)22(14-18)27-5/h8-11,14-17,28H,6-7,12-13H2,1-4H3. The molecule has 0 saturated heterocycles. The van der Waals surface area contributed by atoms with Gasteiger partial charge >= 0.3 is 0 Å². The van der Waals surface area contributed by atoms with Gasteiger partial charge in [-0.15, -0.1) is 0 Å². The Labute approximate surface area is 199 Å². The maximum atomic E-state index is 7.42. The van der Waals surface area contributed by atoms with E-state index >= 15 is 0 Å². The summed E-state index contributed by atoms with van der Waals surface area (Å²) >= 11 is 6.47. The number of benzene rings is 2. The summed E-state index contributed by atoms with van der Waals surface area (Å²) in [5, 5.41) is 7.93. The normalized spacial score (nSPS) is 11.1. The Morgan fingerprint density at radius 1 is 1.12 bits per heavy atom. The van der Waals surface area contributed by atoms with E-state index in [1.807, 2.05) is 26.0 Å². The molecule has 1 aromatic heterocycles. The molecule has 1 N–H and O–H groups in total. The van der Waals surface area contributed by atoms with E-state index in [1.54, 1.807) is 24.3 Å². The molecule has 0 unspecified atom stereocenters. The van der Waals surface area contributed by atoms with Gasteiger partial charge in [0.15, 0.2) is 0 Å². The molecule has 3 rings (SSSR count). The second kappa shape index (κ2) is 11.7. The lowest BCUT2D eigenvalue weighted by atomic mass is 10.1. The zero-order valence-electron chi connectivity index (χ0n) is 19.4. The summed E-state index contributed by atoms with van der Waals surface area (Å²) < 4.78 is 16.9. The molecule has 3 aromatic rings. The van der Waals surface area contributed by atoms with Gasteiger partial charge in [0.05, 0.1) is 24.3 Å². The Balaban J connectivity index is 1.66. The molecule has 0 amide bonds. The number of unbranched alkanes of at least 4 members (excludes halogenated alkanes) is 1. The highest BCUT2D eigenvalue weighted by Crippen LogP contribution is 2.35. The van der Waals surface area contributed by atoms with Gasteiger partial charge in [-0.25, -0.2) is 4.85 Å². The number of aromatic nitrogens is 2. The van der Waals surface area contributed by atoms with E-state index < -0.39 is 0 Å². The summed E-state index contributed by atoms with van der Waals surface area (Å²) in [6.45, 7) is 17.1. The zero-order valence-corrected chi connectivity index (χ0v) is 20.1. The van der Waals surface area contributed by atoms with Crippen molar-refractivity contribution in [2.75, 3.05) is 13.2 Å². The van der Waals surface area contributed by atoms with Crippen LogP contribution >= 0.6 is 11.6 Å². The minimum atomic E-state index is -0.0256. The van der Waals surface area contributed by atoms with E-state index in [9.17, 15) is 0 Å².